The third kappa shape index (κ3) is 3.32. The predicted molar refractivity (Wildman–Crippen MR) is 78.4 cm³/mol. The summed E-state index contributed by atoms with van der Waals surface area (Å²) < 4.78 is 19.2. The molecule has 3 heteroatoms. The van der Waals surface area contributed by atoms with Crippen LogP contribution in [0.1, 0.15) is 45.1 Å². The minimum absolute atomic E-state index is 0.252. The minimum Gasteiger partial charge on any atom is -0.494 e. The molecular formula is C17H25FO2. The summed E-state index contributed by atoms with van der Waals surface area (Å²) >= 11 is 0. The Labute approximate surface area is 121 Å². The van der Waals surface area contributed by atoms with Gasteiger partial charge in [0.25, 0.3) is 0 Å². The van der Waals surface area contributed by atoms with Gasteiger partial charge in [0, 0.05) is 6.42 Å². The number of hydrogen-bond acceptors (Lipinski definition) is 2. The van der Waals surface area contributed by atoms with E-state index in [4.69, 9.17) is 4.74 Å². The maximum atomic E-state index is 14.2. The van der Waals surface area contributed by atoms with Gasteiger partial charge in [0.15, 0.2) is 11.6 Å². The van der Waals surface area contributed by atoms with E-state index in [1.165, 1.54) is 13.5 Å². The van der Waals surface area contributed by atoms with Gasteiger partial charge in [-0.15, -0.1) is 0 Å². The molecule has 2 rings (SSSR count). The van der Waals surface area contributed by atoms with Gasteiger partial charge in [-0.05, 0) is 42.7 Å². The van der Waals surface area contributed by atoms with Gasteiger partial charge in [0.2, 0.25) is 0 Å². The van der Waals surface area contributed by atoms with E-state index in [0.29, 0.717) is 23.8 Å². The molecule has 0 bridgehead atoms. The summed E-state index contributed by atoms with van der Waals surface area (Å²) in [5.41, 5.74) is -0.225. The summed E-state index contributed by atoms with van der Waals surface area (Å²) in [7, 11) is 1.46. The van der Waals surface area contributed by atoms with Crippen LogP contribution < -0.4 is 4.74 Å². The predicted octanol–water partition coefficient (Wildman–Crippen LogP) is 3.95. The first-order chi connectivity index (χ1) is 9.45. The molecule has 1 aliphatic rings. The summed E-state index contributed by atoms with van der Waals surface area (Å²) in [5, 5.41) is 10.8. The monoisotopic (exact) mass is 280 g/mol. The average Bonchev–Trinajstić information content (AvgIpc) is 2.41. The van der Waals surface area contributed by atoms with Gasteiger partial charge in [0.1, 0.15) is 0 Å². The molecular weight excluding hydrogens is 255 g/mol. The van der Waals surface area contributed by atoms with Crippen LogP contribution in [0.5, 0.6) is 5.75 Å². The first-order valence-electron chi connectivity index (χ1n) is 7.49. The van der Waals surface area contributed by atoms with Crippen molar-refractivity contribution in [2.75, 3.05) is 7.11 Å². The standard InChI is InChI=1S/C17H25FO2/c1-12(2)13-7-5-9-17(19,10-13)11-14-6-4-8-15(20-3)16(14)18/h4,6,8,12-13,19H,5,7,9-11H2,1-3H3. The molecule has 0 radical (unpaired) electrons. The summed E-state index contributed by atoms with van der Waals surface area (Å²) in [5.74, 6) is 1.01. The van der Waals surface area contributed by atoms with Gasteiger partial charge in [-0.25, -0.2) is 4.39 Å². The molecule has 112 valence electrons. The van der Waals surface area contributed by atoms with E-state index in [-0.39, 0.29) is 11.6 Å². The fourth-order valence-corrected chi connectivity index (χ4v) is 3.32. The number of rotatable bonds is 4. The largest absolute Gasteiger partial charge is 0.494 e. The number of aliphatic hydroxyl groups is 1. The minimum atomic E-state index is -0.777. The fourth-order valence-electron chi connectivity index (χ4n) is 3.32. The SMILES string of the molecule is COc1cccc(CC2(O)CCCC(C(C)C)C2)c1F. The number of hydrogen-bond donors (Lipinski definition) is 1. The van der Waals surface area contributed by atoms with Crippen LogP contribution in [0.3, 0.4) is 0 Å². The van der Waals surface area contributed by atoms with Crippen LogP contribution >= 0.6 is 0 Å². The third-order valence-corrected chi connectivity index (χ3v) is 4.58. The molecule has 0 saturated heterocycles. The van der Waals surface area contributed by atoms with Crippen LogP contribution in [0.15, 0.2) is 18.2 Å². The van der Waals surface area contributed by atoms with Crippen LogP contribution in [0.25, 0.3) is 0 Å². The van der Waals surface area contributed by atoms with Gasteiger partial charge in [-0.1, -0.05) is 32.4 Å². The molecule has 2 nitrogen and oxygen atoms in total. The van der Waals surface area contributed by atoms with E-state index in [1.807, 2.05) is 0 Å². The Kier molecular flexibility index (Phi) is 4.69. The highest BCUT2D eigenvalue weighted by Crippen LogP contribution is 2.39. The van der Waals surface area contributed by atoms with E-state index in [1.54, 1.807) is 18.2 Å². The Balaban J connectivity index is 2.16. The summed E-state index contributed by atoms with van der Waals surface area (Å²) in [4.78, 5) is 0. The Bertz CT molecular complexity index is 458. The zero-order chi connectivity index (χ0) is 14.8. The van der Waals surface area contributed by atoms with Crippen molar-refractivity contribution >= 4 is 0 Å². The lowest BCUT2D eigenvalue weighted by atomic mass is 9.71. The van der Waals surface area contributed by atoms with Gasteiger partial charge in [-0.2, -0.15) is 0 Å². The highest BCUT2D eigenvalue weighted by molar-refractivity contribution is 5.32. The van der Waals surface area contributed by atoms with Crippen LogP contribution in [0.4, 0.5) is 4.39 Å². The highest BCUT2D eigenvalue weighted by atomic mass is 19.1. The molecule has 0 aromatic heterocycles. The Morgan fingerprint density at radius 3 is 2.85 bits per heavy atom. The second kappa shape index (κ2) is 6.13. The van der Waals surface area contributed by atoms with Crippen molar-refractivity contribution in [3.05, 3.63) is 29.6 Å². The van der Waals surface area contributed by atoms with E-state index >= 15 is 0 Å². The van der Waals surface area contributed by atoms with Crippen LogP contribution in [-0.4, -0.2) is 17.8 Å². The fraction of sp³-hybridized carbons (Fsp3) is 0.647. The quantitative estimate of drug-likeness (QED) is 0.904. The van der Waals surface area contributed by atoms with Crippen LogP contribution in [0.2, 0.25) is 0 Å². The lowest BCUT2D eigenvalue weighted by Crippen LogP contribution is -2.39. The van der Waals surface area contributed by atoms with E-state index < -0.39 is 5.60 Å². The summed E-state index contributed by atoms with van der Waals surface area (Å²) in [6, 6.07) is 5.14. The number of ether oxygens (including phenoxy) is 1. The molecule has 1 aromatic carbocycles. The normalized spacial score (nSPS) is 26.8. The molecule has 0 amide bonds. The van der Waals surface area contributed by atoms with Crippen LogP contribution in [-0.2, 0) is 6.42 Å². The Hall–Kier alpha value is -1.09. The molecule has 1 aromatic rings. The first-order valence-corrected chi connectivity index (χ1v) is 7.49. The smallest absolute Gasteiger partial charge is 0.168 e. The van der Waals surface area contributed by atoms with E-state index in [9.17, 15) is 9.50 Å². The maximum Gasteiger partial charge on any atom is 0.168 e. The number of benzene rings is 1. The highest BCUT2D eigenvalue weighted by Gasteiger charge is 2.36. The average molecular weight is 280 g/mol. The zero-order valence-corrected chi connectivity index (χ0v) is 12.7. The van der Waals surface area contributed by atoms with Crippen molar-refractivity contribution in [1.29, 1.82) is 0 Å². The molecule has 1 fully saturated rings. The summed E-state index contributed by atoms with van der Waals surface area (Å²) in [6.45, 7) is 4.39. The number of halogens is 1. The first kappa shape index (κ1) is 15.3. The van der Waals surface area contributed by atoms with Crippen molar-refractivity contribution < 1.29 is 14.2 Å². The van der Waals surface area contributed by atoms with Gasteiger partial charge in [0.05, 0.1) is 12.7 Å². The molecule has 2 atom stereocenters. The van der Waals surface area contributed by atoms with Gasteiger partial charge >= 0.3 is 0 Å². The second-order valence-electron chi connectivity index (χ2n) is 6.43. The zero-order valence-electron chi connectivity index (χ0n) is 12.7. The van der Waals surface area contributed by atoms with Crippen molar-refractivity contribution in [2.24, 2.45) is 11.8 Å². The Morgan fingerprint density at radius 1 is 1.45 bits per heavy atom. The molecule has 0 aliphatic heterocycles. The molecule has 20 heavy (non-hydrogen) atoms. The van der Waals surface area contributed by atoms with Crippen molar-refractivity contribution in [3.8, 4) is 5.75 Å². The van der Waals surface area contributed by atoms with Crippen LogP contribution in [0, 0.1) is 17.7 Å². The summed E-state index contributed by atoms with van der Waals surface area (Å²) in [6.07, 6.45) is 4.08. The molecule has 2 unspecified atom stereocenters. The maximum absolute atomic E-state index is 14.2. The topological polar surface area (TPSA) is 29.5 Å². The molecule has 0 heterocycles. The molecule has 0 spiro atoms. The Morgan fingerprint density at radius 2 is 2.20 bits per heavy atom. The van der Waals surface area contributed by atoms with E-state index in [0.717, 1.165) is 19.3 Å². The van der Waals surface area contributed by atoms with E-state index in [2.05, 4.69) is 13.8 Å². The third-order valence-electron chi connectivity index (χ3n) is 4.58. The molecule has 1 saturated carbocycles. The molecule has 1 aliphatic carbocycles. The second-order valence-corrected chi connectivity index (χ2v) is 6.43. The van der Waals surface area contributed by atoms with Crippen molar-refractivity contribution in [1.82, 2.24) is 0 Å². The van der Waals surface area contributed by atoms with Gasteiger partial charge < -0.3 is 9.84 Å². The lowest BCUT2D eigenvalue weighted by molar-refractivity contribution is -0.0245. The van der Waals surface area contributed by atoms with Gasteiger partial charge in [-0.3, -0.25) is 0 Å². The number of methoxy groups -OCH3 is 1. The lowest BCUT2D eigenvalue weighted by Gasteiger charge is -2.38. The van der Waals surface area contributed by atoms with Crippen molar-refractivity contribution in [3.63, 3.8) is 0 Å². The molecule has 1 N–H and O–H groups in total. The van der Waals surface area contributed by atoms with Crippen molar-refractivity contribution in [2.45, 2.75) is 51.6 Å².